The molecule has 1 aromatic heterocycles. The molecule has 1 heterocycles. The minimum Gasteiger partial charge on any atom is -0.491 e. The van der Waals surface area contributed by atoms with Crippen LogP contribution in [0.25, 0.3) is 0 Å². The molecule has 0 radical (unpaired) electrons. The smallest absolute Gasteiger partial charge is 0.325 e. The van der Waals surface area contributed by atoms with Gasteiger partial charge in [-0.25, -0.2) is 22.9 Å². The zero-order chi connectivity index (χ0) is 20.9. The van der Waals surface area contributed by atoms with Gasteiger partial charge >= 0.3 is 6.03 Å². The van der Waals surface area contributed by atoms with Crippen LogP contribution in [-0.2, 0) is 10.0 Å². The number of urea groups is 1. The average molecular weight is 427 g/mol. The van der Waals surface area contributed by atoms with Gasteiger partial charge in [-0.2, -0.15) is 0 Å². The lowest BCUT2D eigenvalue weighted by Crippen LogP contribution is -2.28. The number of nitrogens with zero attached hydrogens (tertiary/aromatic N) is 1. The number of carbonyl (C=O) groups excluding carboxylic acids is 2. The summed E-state index contributed by atoms with van der Waals surface area (Å²) in [6.07, 6.45) is 2.06. The minimum atomic E-state index is -3.68. The van der Waals surface area contributed by atoms with Crippen LogP contribution in [0.3, 0.4) is 0 Å². The Labute approximate surface area is 167 Å². The van der Waals surface area contributed by atoms with Crippen LogP contribution < -0.4 is 20.1 Å². The molecule has 0 aliphatic rings. The number of hydrogen-bond donors (Lipinski definition) is 3. The van der Waals surface area contributed by atoms with Crippen LogP contribution in [0.15, 0.2) is 24.4 Å². The van der Waals surface area contributed by atoms with Gasteiger partial charge in [0.05, 0.1) is 24.7 Å². The molecule has 1 aromatic carbocycles. The number of aromatic nitrogens is 1. The Hall–Kier alpha value is -2.66. The van der Waals surface area contributed by atoms with E-state index >= 15 is 0 Å². The molecule has 9 nitrogen and oxygen atoms in total. The number of hydrogen-bond acceptors (Lipinski definition) is 7. The second-order valence-electron chi connectivity index (χ2n) is 6.52. The lowest BCUT2D eigenvalue weighted by molar-refractivity contribution is 0.0985. The van der Waals surface area contributed by atoms with Gasteiger partial charge in [0.15, 0.2) is 5.13 Å². The summed E-state index contributed by atoms with van der Waals surface area (Å²) in [7, 11) is -3.68. The van der Waals surface area contributed by atoms with Crippen LogP contribution in [0.1, 0.15) is 29.1 Å². The van der Waals surface area contributed by atoms with E-state index in [2.05, 4.69) is 15.6 Å². The molecular weight excluding hydrogens is 404 g/mol. The first-order valence-corrected chi connectivity index (χ1v) is 11.0. The fourth-order valence-corrected chi connectivity index (χ4v) is 3.23. The SMILES string of the molecule is Cc1ccc(NC(=O)Nc2ncc(C(=O)NS(C)(=O)=O)s2)c(OCC(C)C)c1. The molecule has 3 N–H and O–H groups in total. The molecule has 3 amide bonds. The van der Waals surface area contributed by atoms with Crippen molar-refractivity contribution in [3.8, 4) is 5.75 Å². The molecule has 0 saturated carbocycles. The summed E-state index contributed by atoms with van der Waals surface area (Å²) in [5.41, 5.74) is 1.49. The molecule has 0 spiro atoms. The van der Waals surface area contributed by atoms with Crippen molar-refractivity contribution in [1.82, 2.24) is 9.71 Å². The highest BCUT2D eigenvalue weighted by Crippen LogP contribution is 2.27. The highest BCUT2D eigenvalue weighted by Gasteiger charge is 2.16. The summed E-state index contributed by atoms with van der Waals surface area (Å²) in [5, 5.41) is 5.34. The third-order valence-electron chi connectivity index (χ3n) is 3.19. The van der Waals surface area contributed by atoms with Crippen molar-refractivity contribution in [1.29, 1.82) is 0 Å². The fraction of sp³-hybridized carbons (Fsp3) is 0.353. The quantitative estimate of drug-likeness (QED) is 0.625. The lowest BCUT2D eigenvalue weighted by Gasteiger charge is -2.14. The van der Waals surface area contributed by atoms with Crippen LogP contribution >= 0.6 is 11.3 Å². The van der Waals surface area contributed by atoms with Gasteiger partial charge in [0, 0.05) is 0 Å². The van der Waals surface area contributed by atoms with Gasteiger partial charge in [-0.3, -0.25) is 10.1 Å². The predicted molar refractivity (Wildman–Crippen MR) is 109 cm³/mol. The Morgan fingerprint density at radius 2 is 1.96 bits per heavy atom. The van der Waals surface area contributed by atoms with E-state index in [1.165, 1.54) is 6.20 Å². The van der Waals surface area contributed by atoms with Gasteiger partial charge in [-0.1, -0.05) is 31.3 Å². The van der Waals surface area contributed by atoms with Crippen molar-refractivity contribution in [2.75, 3.05) is 23.5 Å². The monoisotopic (exact) mass is 426 g/mol. The topological polar surface area (TPSA) is 126 Å². The van der Waals surface area contributed by atoms with Crippen molar-refractivity contribution in [2.45, 2.75) is 20.8 Å². The van der Waals surface area contributed by atoms with E-state index in [9.17, 15) is 18.0 Å². The summed E-state index contributed by atoms with van der Waals surface area (Å²) in [6, 6.07) is 4.84. The van der Waals surface area contributed by atoms with E-state index in [0.29, 0.717) is 24.0 Å². The molecule has 0 saturated heterocycles. The number of aryl methyl sites for hydroxylation is 1. The van der Waals surface area contributed by atoms with E-state index in [0.717, 1.165) is 23.2 Å². The van der Waals surface area contributed by atoms with E-state index < -0.39 is 22.0 Å². The van der Waals surface area contributed by atoms with E-state index in [4.69, 9.17) is 4.74 Å². The number of carbonyl (C=O) groups is 2. The summed E-state index contributed by atoms with van der Waals surface area (Å²) >= 11 is 0.851. The summed E-state index contributed by atoms with van der Waals surface area (Å²) in [4.78, 5) is 28.0. The minimum absolute atomic E-state index is 0.0528. The first-order valence-electron chi connectivity index (χ1n) is 8.33. The van der Waals surface area contributed by atoms with E-state index in [1.807, 2.05) is 37.6 Å². The zero-order valence-corrected chi connectivity index (χ0v) is 17.5. The highest BCUT2D eigenvalue weighted by atomic mass is 32.2. The van der Waals surface area contributed by atoms with E-state index in [1.54, 1.807) is 6.07 Å². The van der Waals surface area contributed by atoms with Gasteiger partial charge in [0.25, 0.3) is 5.91 Å². The number of nitrogens with one attached hydrogen (secondary N) is 3. The van der Waals surface area contributed by atoms with Crippen LogP contribution in [-0.4, -0.2) is 38.2 Å². The van der Waals surface area contributed by atoms with Crippen molar-refractivity contribution < 1.29 is 22.7 Å². The average Bonchev–Trinajstić information content (AvgIpc) is 3.02. The Kier molecular flexibility index (Phi) is 6.97. The molecule has 28 heavy (non-hydrogen) atoms. The van der Waals surface area contributed by atoms with Crippen LogP contribution in [0.5, 0.6) is 5.75 Å². The third kappa shape index (κ3) is 6.82. The van der Waals surface area contributed by atoms with Crippen molar-refractivity contribution in [3.05, 3.63) is 34.8 Å². The predicted octanol–water partition coefficient (Wildman–Crippen LogP) is 2.82. The van der Waals surface area contributed by atoms with Gasteiger partial charge in [-0.05, 0) is 30.5 Å². The molecule has 0 atom stereocenters. The lowest BCUT2D eigenvalue weighted by atomic mass is 10.2. The maximum absolute atomic E-state index is 12.3. The Morgan fingerprint density at radius 1 is 1.25 bits per heavy atom. The van der Waals surface area contributed by atoms with Crippen molar-refractivity contribution in [2.24, 2.45) is 5.92 Å². The van der Waals surface area contributed by atoms with Crippen LogP contribution in [0, 0.1) is 12.8 Å². The largest absolute Gasteiger partial charge is 0.491 e. The second kappa shape index (κ2) is 9.02. The number of anilines is 2. The highest BCUT2D eigenvalue weighted by molar-refractivity contribution is 7.89. The molecule has 152 valence electrons. The molecule has 11 heteroatoms. The number of sulfonamides is 1. The van der Waals surface area contributed by atoms with Gasteiger partial charge in [-0.15, -0.1) is 0 Å². The molecule has 0 aliphatic carbocycles. The molecule has 0 bridgehead atoms. The standard InChI is InChI=1S/C17H22N4O5S2/c1-10(2)9-26-13-7-11(3)5-6-12(13)19-16(23)20-17-18-8-14(27-17)15(22)21-28(4,24)25/h5-8,10H,9H2,1-4H3,(H,21,22)(H2,18,19,20,23). The molecule has 0 fully saturated rings. The Bertz CT molecular complexity index is 970. The number of rotatable bonds is 7. The fourth-order valence-electron chi connectivity index (χ4n) is 2.01. The molecule has 0 unspecified atom stereocenters. The van der Waals surface area contributed by atoms with E-state index in [-0.39, 0.29) is 10.0 Å². The number of amides is 3. The maximum atomic E-state index is 12.3. The number of ether oxygens (including phenoxy) is 1. The molecule has 2 rings (SSSR count). The van der Waals surface area contributed by atoms with Crippen molar-refractivity contribution >= 4 is 44.1 Å². The maximum Gasteiger partial charge on any atom is 0.325 e. The molecule has 0 aliphatic heterocycles. The normalized spacial score (nSPS) is 11.2. The summed E-state index contributed by atoms with van der Waals surface area (Å²) in [5.74, 6) is 0.0709. The van der Waals surface area contributed by atoms with Gasteiger partial charge < -0.3 is 10.1 Å². The number of thiazole rings is 1. The first-order chi connectivity index (χ1) is 13.0. The van der Waals surface area contributed by atoms with Gasteiger partial charge in [0.1, 0.15) is 10.6 Å². The summed E-state index contributed by atoms with van der Waals surface area (Å²) < 4.78 is 29.8. The Balaban J connectivity index is 2.04. The van der Waals surface area contributed by atoms with Crippen LogP contribution in [0.2, 0.25) is 0 Å². The Morgan fingerprint density at radius 3 is 2.61 bits per heavy atom. The molecule has 2 aromatic rings. The number of benzene rings is 1. The molecular formula is C17H22N4O5S2. The van der Waals surface area contributed by atoms with Crippen LogP contribution in [0.4, 0.5) is 15.6 Å². The van der Waals surface area contributed by atoms with Crippen molar-refractivity contribution in [3.63, 3.8) is 0 Å². The first kappa shape index (κ1) is 21.6. The second-order valence-corrected chi connectivity index (χ2v) is 9.30. The van der Waals surface area contributed by atoms with Gasteiger partial charge in [0.2, 0.25) is 10.0 Å². The summed E-state index contributed by atoms with van der Waals surface area (Å²) in [6.45, 7) is 6.47. The zero-order valence-electron chi connectivity index (χ0n) is 15.9. The third-order valence-corrected chi connectivity index (χ3v) is 4.65.